The highest BCUT2D eigenvalue weighted by Gasteiger charge is 2.17. The minimum absolute atomic E-state index is 0.146. The fourth-order valence-electron chi connectivity index (χ4n) is 3.48. The highest BCUT2D eigenvalue weighted by Crippen LogP contribution is 2.30. The second-order valence-electron chi connectivity index (χ2n) is 7.35. The minimum atomic E-state index is -1.21. The van der Waals surface area contributed by atoms with Crippen molar-refractivity contribution in [2.75, 3.05) is 0 Å². The van der Waals surface area contributed by atoms with E-state index in [4.69, 9.17) is 16.3 Å². The molecule has 0 unspecified atom stereocenters. The van der Waals surface area contributed by atoms with Crippen LogP contribution in [0.25, 0.3) is 6.08 Å². The summed E-state index contributed by atoms with van der Waals surface area (Å²) in [5.74, 6) is -0.626. The molecule has 1 saturated carbocycles. The first-order valence-corrected chi connectivity index (χ1v) is 10.3. The van der Waals surface area contributed by atoms with Gasteiger partial charge in [-0.05, 0) is 54.3 Å². The Morgan fingerprint density at radius 3 is 2.50 bits per heavy atom. The van der Waals surface area contributed by atoms with E-state index in [1.165, 1.54) is 31.1 Å². The van der Waals surface area contributed by atoms with Crippen molar-refractivity contribution in [3.05, 3.63) is 64.6 Å². The van der Waals surface area contributed by atoms with Crippen LogP contribution < -0.4 is 10.1 Å². The third-order valence-electron chi connectivity index (χ3n) is 5.07. The van der Waals surface area contributed by atoms with Gasteiger partial charge in [-0.2, -0.15) is 0 Å². The summed E-state index contributed by atoms with van der Waals surface area (Å²) in [6, 6.07) is 10.4. The van der Waals surface area contributed by atoms with Gasteiger partial charge in [0.25, 0.3) is 0 Å². The van der Waals surface area contributed by atoms with Gasteiger partial charge in [0, 0.05) is 6.42 Å². The van der Waals surface area contributed by atoms with Gasteiger partial charge in [0.15, 0.2) is 0 Å². The SMILES string of the molecule is O=C(CCC1CCCC1)N/C(=C/c1ccc(Oc2ccc(F)cc2Cl)cc1)C(=O)O. The number of amides is 1. The average molecular weight is 432 g/mol. The standard InChI is InChI=1S/C23H23ClFNO4/c24-19-14-17(25)8-11-21(19)30-18-9-5-16(6-10-18)13-20(23(28)29)26-22(27)12-7-15-3-1-2-4-15/h5-6,8-11,13-15H,1-4,7,12H2,(H,26,27)(H,28,29)/b20-13+. The molecular weight excluding hydrogens is 409 g/mol. The molecule has 0 aromatic heterocycles. The van der Waals surface area contributed by atoms with Crippen molar-refractivity contribution in [1.29, 1.82) is 0 Å². The van der Waals surface area contributed by atoms with E-state index < -0.39 is 11.8 Å². The number of hydrogen-bond donors (Lipinski definition) is 2. The molecule has 0 spiro atoms. The minimum Gasteiger partial charge on any atom is -0.477 e. The number of carbonyl (C=O) groups excluding carboxylic acids is 1. The molecule has 2 N–H and O–H groups in total. The number of halogens is 2. The van der Waals surface area contributed by atoms with Crippen LogP contribution in [0, 0.1) is 11.7 Å². The molecule has 0 saturated heterocycles. The van der Waals surface area contributed by atoms with E-state index in [0.717, 1.165) is 25.3 Å². The number of rotatable bonds is 8. The van der Waals surface area contributed by atoms with Gasteiger partial charge in [-0.15, -0.1) is 0 Å². The molecule has 30 heavy (non-hydrogen) atoms. The maximum atomic E-state index is 13.1. The van der Waals surface area contributed by atoms with Crippen LogP contribution in [-0.4, -0.2) is 17.0 Å². The summed E-state index contributed by atoms with van der Waals surface area (Å²) in [6.45, 7) is 0. The van der Waals surface area contributed by atoms with E-state index in [9.17, 15) is 19.1 Å². The predicted molar refractivity (Wildman–Crippen MR) is 113 cm³/mol. The monoisotopic (exact) mass is 431 g/mol. The Balaban J connectivity index is 1.62. The Labute approximate surface area is 179 Å². The van der Waals surface area contributed by atoms with Crippen LogP contribution in [0.15, 0.2) is 48.2 Å². The number of carbonyl (C=O) groups is 2. The van der Waals surface area contributed by atoms with Crippen LogP contribution in [0.2, 0.25) is 5.02 Å². The lowest BCUT2D eigenvalue weighted by molar-refractivity contribution is -0.134. The molecule has 0 radical (unpaired) electrons. The van der Waals surface area contributed by atoms with Gasteiger partial charge in [0.05, 0.1) is 5.02 Å². The summed E-state index contributed by atoms with van der Waals surface area (Å²) in [5, 5.41) is 12.1. The predicted octanol–water partition coefficient (Wildman–Crippen LogP) is 5.78. The normalized spacial score (nSPS) is 14.5. The molecule has 3 rings (SSSR count). The van der Waals surface area contributed by atoms with Crippen LogP contribution in [0.5, 0.6) is 11.5 Å². The van der Waals surface area contributed by atoms with Crippen LogP contribution in [0.3, 0.4) is 0 Å². The zero-order valence-corrected chi connectivity index (χ0v) is 17.1. The van der Waals surface area contributed by atoms with Gasteiger partial charge in [0.1, 0.15) is 23.0 Å². The zero-order chi connectivity index (χ0) is 21.5. The Hall–Kier alpha value is -2.86. The number of benzene rings is 2. The molecule has 0 bridgehead atoms. The lowest BCUT2D eigenvalue weighted by atomic mass is 10.0. The smallest absolute Gasteiger partial charge is 0.352 e. The Bertz CT molecular complexity index is 937. The third-order valence-corrected chi connectivity index (χ3v) is 5.37. The molecule has 1 amide bonds. The highest BCUT2D eigenvalue weighted by atomic mass is 35.5. The van der Waals surface area contributed by atoms with Gasteiger partial charge in [0.2, 0.25) is 5.91 Å². The Morgan fingerprint density at radius 2 is 1.87 bits per heavy atom. The van der Waals surface area contributed by atoms with E-state index >= 15 is 0 Å². The van der Waals surface area contributed by atoms with Gasteiger partial charge in [-0.25, -0.2) is 9.18 Å². The maximum Gasteiger partial charge on any atom is 0.352 e. The number of nitrogens with one attached hydrogen (secondary N) is 1. The van der Waals surface area contributed by atoms with E-state index in [2.05, 4.69) is 5.32 Å². The van der Waals surface area contributed by atoms with Crippen molar-refractivity contribution in [3.8, 4) is 11.5 Å². The number of carboxylic acid groups (broad SMARTS) is 1. The molecule has 158 valence electrons. The molecular formula is C23H23ClFNO4. The summed E-state index contributed by atoms with van der Waals surface area (Å²) in [5.41, 5.74) is 0.405. The van der Waals surface area contributed by atoms with Crippen LogP contribution >= 0.6 is 11.6 Å². The third kappa shape index (κ3) is 6.32. The van der Waals surface area contributed by atoms with Gasteiger partial charge < -0.3 is 15.2 Å². The fourth-order valence-corrected chi connectivity index (χ4v) is 3.69. The number of ether oxygens (including phenoxy) is 1. The first-order valence-electron chi connectivity index (χ1n) is 9.88. The topological polar surface area (TPSA) is 75.6 Å². The van der Waals surface area contributed by atoms with Crippen molar-refractivity contribution in [1.82, 2.24) is 5.32 Å². The van der Waals surface area contributed by atoms with E-state index in [1.54, 1.807) is 24.3 Å². The summed E-state index contributed by atoms with van der Waals surface area (Å²) in [6.07, 6.45) is 7.21. The largest absolute Gasteiger partial charge is 0.477 e. The first-order chi connectivity index (χ1) is 14.4. The summed E-state index contributed by atoms with van der Waals surface area (Å²) in [7, 11) is 0. The number of hydrogen-bond acceptors (Lipinski definition) is 3. The first kappa shape index (κ1) is 21.8. The lowest BCUT2D eigenvalue weighted by Crippen LogP contribution is -2.27. The molecule has 0 atom stereocenters. The summed E-state index contributed by atoms with van der Waals surface area (Å²) < 4.78 is 18.7. The number of aliphatic carboxylic acids is 1. The zero-order valence-electron chi connectivity index (χ0n) is 16.4. The van der Waals surface area contributed by atoms with Crippen molar-refractivity contribution in [2.24, 2.45) is 5.92 Å². The molecule has 0 aliphatic heterocycles. The van der Waals surface area contributed by atoms with E-state index in [-0.39, 0.29) is 16.6 Å². The van der Waals surface area contributed by atoms with Crippen molar-refractivity contribution >= 4 is 29.6 Å². The second-order valence-corrected chi connectivity index (χ2v) is 7.75. The molecule has 2 aromatic rings. The molecule has 1 aliphatic carbocycles. The summed E-state index contributed by atoms with van der Waals surface area (Å²) in [4.78, 5) is 23.7. The lowest BCUT2D eigenvalue weighted by Gasteiger charge is -2.10. The molecule has 7 heteroatoms. The Kier molecular flexibility index (Phi) is 7.46. The van der Waals surface area contributed by atoms with Gasteiger partial charge in [-0.3, -0.25) is 4.79 Å². The quantitative estimate of drug-likeness (QED) is 0.519. The highest BCUT2D eigenvalue weighted by molar-refractivity contribution is 6.32. The maximum absolute atomic E-state index is 13.1. The second kappa shape index (κ2) is 10.3. The fraction of sp³-hybridized carbons (Fsp3) is 0.304. The van der Waals surface area contributed by atoms with Crippen LogP contribution in [-0.2, 0) is 9.59 Å². The molecule has 1 aliphatic rings. The Morgan fingerprint density at radius 1 is 1.17 bits per heavy atom. The molecule has 1 fully saturated rings. The number of carboxylic acids is 1. The van der Waals surface area contributed by atoms with Crippen LogP contribution in [0.1, 0.15) is 44.1 Å². The molecule has 5 nitrogen and oxygen atoms in total. The van der Waals surface area contributed by atoms with Crippen LogP contribution in [0.4, 0.5) is 4.39 Å². The van der Waals surface area contributed by atoms with E-state index in [0.29, 0.717) is 29.4 Å². The summed E-state index contributed by atoms with van der Waals surface area (Å²) >= 11 is 5.95. The van der Waals surface area contributed by atoms with Crippen molar-refractivity contribution in [2.45, 2.75) is 38.5 Å². The average Bonchev–Trinajstić information content (AvgIpc) is 3.23. The van der Waals surface area contributed by atoms with E-state index in [1.807, 2.05) is 0 Å². The van der Waals surface area contributed by atoms with Crippen molar-refractivity contribution in [3.63, 3.8) is 0 Å². The van der Waals surface area contributed by atoms with Gasteiger partial charge in [-0.1, -0.05) is 49.4 Å². The van der Waals surface area contributed by atoms with Crippen molar-refractivity contribution < 1.29 is 23.8 Å². The molecule has 2 aromatic carbocycles. The molecule has 0 heterocycles. The van der Waals surface area contributed by atoms with Gasteiger partial charge >= 0.3 is 5.97 Å².